The molecule has 3 rings (SSSR count). The van der Waals surface area contributed by atoms with Gasteiger partial charge in [-0.15, -0.1) is 11.3 Å². The van der Waals surface area contributed by atoms with Crippen LogP contribution >= 0.6 is 11.3 Å². The molecule has 0 saturated heterocycles. The Bertz CT molecular complexity index is 867. The van der Waals surface area contributed by atoms with E-state index in [0.717, 1.165) is 10.5 Å². The van der Waals surface area contributed by atoms with E-state index in [1.807, 2.05) is 36.4 Å². The molecule has 1 N–H and O–H groups in total. The predicted molar refractivity (Wildman–Crippen MR) is 102 cm³/mol. The second kappa shape index (κ2) is 8.73. The third-order valence-corrected chi connectivity index (χ3v) is 4.92. The zero-order chi connectivity index (χ0) is 17.4. The van der Waals surface area contributed by atoms with Crippen LogP contribution in [-0.4, -0.2) is 23.7 Å². The Labute approximate surface area is 146 Å². The molecule has 24 heavy (non-hydrogen) atoms. The number of rotatable bonds is 4. The number of nitrogens with zero attached hydrogens (tertiary/aromatic N) is 1. The maximum Gasteiger partial charge on any atom is 0.264 e. The fraction of sp³-hybridized carbons (Fsp3) is 0.167. The van der Waals surface area contributed by atoms with Gasteiger partial charge in [0.05, 0.1) is 16.0 Å². The van der Waals surface area contributed by atoms with Gasteiger partial charge in [-0.05, 0) is 30.2 Å². The smallest absolute Gasteiger partial charge is 0.264 e. The van der Waals surface area contributed by atoms with E-state index < -0.39 is 10.1 Å². The summed E-state index contributed by atoms with van der Waals surface area (Å²) in [5.74, 6) is -0.132. The SMILES string of the molecule is C(=Cc1nc2ccccc2s1)c1ccccc1.CCCS(=O)(=O)O. The maximum absolute atomic E-state index is 9.79. The number of hydrogen-bond donors (Lipinski definition) is 1. The summed E-state index contributed by atoms with van der Waals surface area (Å²) < 4.78 is 28.8. The van der Waals surface area contributed by atoms with Crippen molar-refractivity contribution < 1.29 is 13.0 Å². The molecule has 1 aromatic heterocycles. The minimum atomic E-state index is -3.67. The van der Waals surface area contributed by atoms with Gasteiger partial charge in [0.1, 0.15) is 5.01 Å². The maximum atomic E-state index is 9.79. The molecule has 3 aromatic rings. The monoisotopic (exact) mass is 361 g/mol. The van der Waals surface area contributed by atoms with E-state index in [-0.39, 0.29) is 5.75 Å². The van der Waals surface area contributed by atoms with Crippen LogP contribution < -0.4 is 0 Å². The van der Waals surface area contributed by atoms with Gasteiger partial charge in [-0.2, -0.15) is 8.42 Å². The normalized spacial score (nSPS) is 11.4. The highest BCUT2D eigenvalue weighted by Gasteiger charge is 1.99. The summed E-state index contributed by atoms with van der Waals surface area (Å²) in [6, 6.07) is 18.5. The van der Waals surface area contributed by atoms with Crippen LogP contribution in [0.1, 0.15) is 23.9 Å². The standard InChI is InChI=1S/C15H11NS.C3H8O3S/c1-2-6-12(7-3-1)10-11-15-16-13-8-4-5-9-14(13)17-15;1-2-3-7(4,5)6/h1-11H;2-3H2,1H3,(H,4,5,6). The molecular formula is C18H19NO3S2. The Morgan fingerprint density at radius 3 is 2.29 bits per heavy atom. The summed E-state index contributed by atoms with van der Waals surface area (Å²) >= 11 is 1.72. The highest BCUT2D eigenvalue weighted by atomic mass is 32.2. The van der Waals surface area contributed by atoms with Crippen LogP contribution in [0.15, 0.2) is 54.6 Å². The Kier molecular flexibility index (Phi) is 6.66. The van der Waals surface area contributed by atoms with E-state index in [0.29, 0.717) is 6.42 Å². The predicted octanol–water partition coefficient (Wildman–Crippen LogP) is 4.75. The van der Waals surface area contributed by atoms with Gasteiger partial charge in [0.2, 0.25) is 0 Å². The first-order valence-electron chi connectivity index (χ1n) is 7.52. The number of fused-ring (bicyclic) bond motifs is 1. The van der Waals surface area contributed by atoms with E-state index in [2.05, 4.69) is 35.3 Å². The average Bonchev–Trinajstić information content (AvgIpc) is 2.96. The van der Waals surface area contributed by atoms with Crippen LogP contribution in [0.25, 0.3) is 22.4 Å². The van der Waals surface area contributed by atoms with Gasteiger partial charge in [0.15, 0.2) is 0 Å². The first kappa shape index (κ1) is 18.3. The lowest BCUT2D eigenvalue weighted by atomic mass is 10.2. The van der Waals surface area contributed by atoms with Crippen molar-refractivity contribution >= 4 is 43.8 Å². The lowest BCUT2D eigenvalue weighted by Crippen LogP contribution is -2.01. The summed E-state index contributed by atoms with van der Waals surface area (Å²) in [5, 5.41) is 1.05. The van der Waals surface area contributed by atoms with Gasteiger partial charge in [-0.25, -0.2) is 4.98 Å². The number of benzene rings is 2. The molecule has 0 atom stereocenters. The van der Waals surface area contributed by atoms with Crippen molar-refractivity contribution in [2.45, 2.75) is 13.3 Å². The van der Waals surface area contributed by atoms with Gasteiger partial charge < -0.3 is 0 Å². The second-order valence-electron chi connectivity index (χ2n) is 5.05. The number of hydrogen-bond acceptors (Lipinski definition) is 4. The zero-order valence-corrected chi connectivity index (χ0v) is 14.9. The topological polar surface area (TPSA) is 67.3 Å². The minimum absolute atomic E-state index is 0.132. The summed E-state index contributed by atoms with van der Waals surface area (Å²) in [4.78, 5) is 4.56. The zero-order valence-electron chi connectivity index (χ0n) is 13.3. The van der Waals surface area contributed by atoms with Crippen molar-refractivity contribution in [3.63, 3.8) is 0 Å². The molecule has 0 fully saturated rings. The Balaban J connectivity index is 0.000000256. The number of aromatic nitrogens is 1. The third-order valence-electron chi connectivity index (χ3n) is 2.99. The largest absolute Gasteiger partial charge is 0.286 e. The molecule has 2 aromatic carbocycles. The summed E-state index contributed by atoms with van der Waals surface area (Å²) in [5.41, 5.74) is 2.27. The van der Waals surface area contributed by atoms with E-state index in [1.165, 1.54) is 10.3 Å². The Morgan fingerprint density at radius 1 is 1.04 bits per heavy atom. The Morgan fingerprint density at radius 2 is 1.71 bits per heavy atom. The molecule has 6 heteroatoms. The first-order valence-corrected chi connectivity index (χ1v) is 9.94. The lowest BCUT2D eigenvalue weighted by Gasteiger charge is -1.89. The van der Waals surface area contributed by atoms with E-state index in [1.54, 1.807) is 18.3 Å². The van der Waals surface area contributed by atoms with Crippen LogP contribution in [-0.2, 0) is 10.1 Å². The summed E-state index contributed by atoms with van der Waals surface area (Å²) in [7, 11) is -3.67. The molecule has 0 radical (unpaired) electrons. The molecule has 1 heterocycles. The van der Waals surface area contributed by atoms with E-state index in [9.17, 15) is 8.42 Å². The first-order chi connectivity index (χ1) is 11.5. The third kappa shape index (κ3) is 6.23. The average molecular weight is 361 g/mol. The molecule has 0 amide bonds. The second-order valence-corrected chi connectivity index (χ2v) is 7.68. The molecule has 0 aliphatic carbocycles. The lowest BCUT2D eigenvalue weighted by molar-refractivity contribution is 0.482. The van der Waals surface area contributed by atoms with Gasteiger partial charge >= 0.3 is 0 Å². The van der Waals surface area contributed by atoms with Crippen LogP contribution in [0.5, 0.6) is 0 Å². The van der Waals surface area contributed by atoms with Crippen LogP contribution in [0, 0.1) is 0 Å². The quantitative estimate of drug-likeness (QED) is 0.681. The molecule has 0 aliphatic heterocycles. The van der Waals surface area contributed by atoms with Crippen molar-refractivity contribution in [1.29, 1.82) is 0 Å². The van der Waals surface area contributed by atoms with Crippen molar-refractivity contribution in [3.8, 4) is 0 Å². The number of thiazole rings is 1. The van der Waals surface area contributed by atoms with Gasteiger partial charge in [0.25, 0.3) is 10.1 Å². The fourth-order valence-corrected chi connectivity index (χ4v) is 3.34. The van der Waals surface area contributed by atoms with Gasteiger partial charge in [-0.3, -0.25) is 4.55 Å². The molecular weight excluding hydrogens is 342 g/mol. The fourth-order valence-electron chi connectivity index (χ4n) is 1.95. The van der Waals surface area contributed by atoms with Crippen molar-refractivity contribution in [3.05, 3.63) is 65.2 Å². The molecule has 4 nitrogen and oxygen atoms in total. The molecule has 126 valence electrons. The molecule has 0 unspecified atom stereocenters. The van der Waals surface area contributed by atoms with Gasteiger partial charge in [0, 0.05) is 0 Å². The molecule has 0 bridgehead atoms. The van der Waals surface area contributed by atoms with Crippen molar-refractivity contribution in [2.75, 3.05) is 5.75 Å². The van der Waals surface area contributed by atoms with Crippen molar-refractivity contribution in [2.24, 2.45) is 0 Å². The van der Waals surface area contributed by atoms with Crippen molar-refractivity contribution in [1.82, 2.24) is 4.98 Å². The summed E-state index contributed by atoms with van der Waals surface area (Å²) in [6.07, 6.45) is 4.64. The minimum Gasteiger partial charge on any atom is -0.286 e. The highest BCUT2D eigenvalue weighted by Crippen LogP contribution is 2.22. The van der Waals surface area contributed by atoms with Crippen LogP contribution in [0.3, 0.4) is 0 Å². The van der Waals surface area contributed by atoms with Crippen LogP contribution in [0.4, 0.5) is 0 Å². The highest BCUT2D eigenvalue weighted by molar-refractivity contribution is 7.85. The Hall–Kier alpha value is -2.02. The van der Waals surface area contributed by atoms with Crippen LogP contribution in [0.2, 0.25) is 0 Å². The van der Waals surface area contributed by atoms with Gasteiger partial charge in [-0.1, -0.05) is 55.5 Å². The molecule has 0 aliphatic rings. The molecule has 0 saturated carbocycles. The van der Waals surface area contributed by atoms with E-state index in [4.69, 9.17) is 4.55 Å². The summed E-state index contributed by atoms with van der Waals surface area (Å²) in [6.45, 7) is 1.69. The van der Waals surface area contributed by atoms with E-state index >= 15 is 0 Å². The molecule has 0 spiro atoms. The number of para-hydroxylation sites is 1.